The van der Waals surface area contributed by atoms with Crippen molar-refractivity contribution in [3.05, 3.63) is 23.8 Å². The van der Waals surface area contributed by atoms with Crippen LogP contribution in [0.15, 0.2) is 18.2 Å². The molecule has 0 heterocycles. The van der Waals surface area contributed by atoms with E-state index in [1.54, 1.807) is 19.2 Å². The van der Waals surface area contributed by atoms with Crippen LogP contribution in [0, 0.1) is 0 Å². The number of rotatable bonds is 8. The second-order valence-corrected chi connectivity index (χ2v) is 4.31. The molecule has 1 aromatic rings. The highest BCUT2D eigenvalue weighted by Crippen LogP contribution is 2.20. The Labute approximate surface area is 123 Å². The van der Waals surface area contributed by atoms with E-state index in [-0.39, 0.29) is 5.91 Å². The van der Waals surface area contributed by atoms with Crippen molar-refractivity contribution in [2.75, 3.05) is 45.0 Å². The normalized spacial score (nSPS) is 10.0. The van der Waals surface area contributed by atoms with Gasteiger partial charge in [-0.2, -0.15) is 0 Å². The predicted octanol–water partition coefficient (Wildman–Crippen LogP) is 0.620. The quantitative estimate of drug-likeness (QED) is 0.369. The van der Waals surface area contributed by atoms with Crippen molar-refractivity contribution >= 4 is 23.3 Å². The number of carbonyl (C=O) groups is 2. The van der Waals surface area contributed by atoms with E-state index < -0.39 is 5.97 Å². The molecule has 0 spiro atoms. The summed E-state index contributed by atoms with van der Waals surface area (Å²) in [6, 6.07) is 4.83. The number of anilines is 2. The number of ether oxygens (including phenoxy) is 2. The minimum Gasteiger partial charge on any atom is -0.465 e. The fourth-order valence-corrected chi connectivity index (χ4v) is 1.66. The fraction of sp³-hybridized carbons (Fsp3) is 0.429. The number of methoxy groups -OCH3 is 2. The Morgan fingerprint density at radius 3 is 2.62 bits per heavy atom. The summed E-state index contributed by atoms with van der Waals surface area (Å²) in [5.41, 5.74) is 7.33. The molecule has 7 nitrogen and oxygen atoms in total. The number of hydrogen-bond donors (Lipinski definition) is 3. The van der Waals surface area contributed by atoms with Gasteiger partial charge in [-0.25, -0.2) is 4.79 Å². The third-order valence-corrected chi connectivity index (χ3v) is 2.77. The molecule has 1 aromatic carbocycles. The summed E-state index contributed by atoms with van der Waals surface area (Å²) in [6.07, 6.45) is 0.321. The number of hydrogen-bond acceptors (Lipinski definition) is 6. The summed E-state index contributed by atoms with van der Waals surface area (Å²) < 4.78 is 9.45. The molecule has 0 radical (unpaired) electrons. The van der Waals surface area contributed by atoms with Crippen LogP contribution in [0.4, 0.5) is 11.4 Å². The van der Waals surface area contributed by atoms with Gasteiger partial charge in [-0.05, 0) is 18.2 Å². The lowest BCUT2D eigenvalue weighted by atomic mass is 10.1. The second kappa shape index (κ2) is 8.80. The molecule has 0 saturated heterocycles. The van der Waals surface area contributed by atoms with Crippen LogP contribution in [0.2, 0.25) is 0 Å². The lowest BCUT2D eigenvalue weighted by Gasteiger charge is -2.10. The topological polar surface area (TPSA) is 103 Å². The zero-order chi connectivity index (χ0) is 15.7. The highest BCUT2D eigenvalue weighted by Gasteiger charge is 2.08. The Balaban J connectivity index is 2.42. The van der Waals surface area contributed by atoms with E-state index in [0.717, 1.165) is 0 Å². The van der Waals surface area contributed by atoms with Crippen LogP contribution in [-0.2, 0) is 14.3 Å². The summed E-state index contributed by atoms with van der Waals surface area (Å²) in [4.78, 5) is 22.8. The fourth-order valence-electron chi connectivity index (χ4n) is 1.66. The molecule has 21 heavy (non-hydrogen) atoms. The summed E-state index contributed by atoms with van der Waals surface area (Å²) in [5.74, 6) is -0.505. The number of carbonyl (C=O) groups excluding carboxylic acids is 2. The summed E-state index contributed by atoms with van der Waals surface area (Å²) in [6.45, 7) is 1.42. The van der Waals surface area contributed by atoms with Crippen LogP contribution in [0.1, 0.15) is 16.8 Å². The van der Waals surface area contributed by atoms with E-state index in [9.17, 15) is 9.59 Å². The molecule has 0 aromatic heterocycles. The zero-order valence-electron chi connectivity index (χ0n) is 12.3. The third kappa shape index (κ3) is 5.70. The largest absolute Gasteiger partial charge is 0.465 e. The third-order valence-electron chi connectivity index (χ3n) is 2.77. The van der Waals surface area contributed by atoms with Crippen LogP contribution in [-0.4, -0.2) is 45.8 Å². The number of esters is 1. The highest BCUT2D eigenvalue weighted by molar-refractivity contribution is 5.91. The van der Waals surface area contributed by atoms with Crippen LogP contribution in [0.5, 0.6) is 0 Å². The van der Waals surface area contributed by atoms with Crippen molar-refractivity contribution in [1.82, 2.24) is 5.32 Å². The molecule has 0 aliphatic carbocycles. The Hall–Kier alpha value is -2.28. The van der Waals surface area contributed by atoms with E-state index in [0.29, 0.717) is 43.1 Å². The minimum atomic E-state index is -0.439. The average Bonchev–Trinajstić information content (AvgIpc) is 2.48. The van der Waals surface area contributed by atoms with Crippen molar-refractivity contribution in [2.24, 2.45) is 0 Å². The molecular weight excluding hydrogens is 274 g/mol. The molecule has 116 valence electrons. The zero-order valence-corrected chi connectivity index (χ0v) is 12.3. The number of amides is 1. The van der Waals surface area contributed by atoms with Gasteiger partial charge in [0.25, 0.3) is 0 Å². The average molecular weight is 295 g/mol. The maximum Gasteiger partial charge on any atom is 0.337 e. The first-order chi connectivity index (χ1) is 10.1. The summed E-state index contributed by atoms with van der Waals surface area (Å²) >= 11 is 0. The first-order valence-electron chi connectivity index (χ1n) is 6.55. The van der Waals surface area contributed by atoms with Crippen molar-refractivity contribution in [3.63, 3.8) is 0 Å². The molecule has 0 bridgehead atoms. The van der Waals surface area contributed by atoms with Crippen LogP contribution < -0.4 is 16.4 Å². The summed E-state index contributed by atoms with van der Waals surface area (Å²) in [5, 5.41) is 5.77. The predicted molar refractivity (Wildman–Crippen MR) is 80.2 cm³/mol. The van der Waals surface area contributed by atoms with Crippen molar-refractivity contribution in [3.8, 4) is 0 Å². The number of nitrogens with two attached hydrogens (primary N) is 1. The van der Waals surface area contributed by atoms with Crippen molar-refractivity contribution in [1.29, 1.82) is 0 Å². The minimum absolute atomic E-state index is 0.0655. The van der Waals surface area contributed by atoms with Crippen LogP contribution in [0.25, 0.3) is 0 Å². The second-order valence-electron chi connectivity index (χ2n) is 4.31. The summed E-state index contributed by atoms with van der Waals surface area (Å²) in [7, 11) is 2.89. The molecule has 0 saturated carbocycles. The van der Waals surface area contributed by atoms with E-state index in [2.05, 4.69) is 15.4 Å². The molecule has 0 unspecified atom stereocenters. The maximum atomic E-state index is 11.5. The first-order valence-corrected chi connectivity index (χ1v) is 6.55. The van der Waals surface area contributed by atoms with Crippen molar-refractivity contribution < 1.29 is 19.1 Å². The smallest absolute Gasteiger partial charge is 0.337 e. The lowest BCUT2D eigenvalue weighted by Crippen LogP contribution is -2.28. The molecule has 0 aliphatic rings. The van der Waals surface area contributed by atoms with Gasteiger partial charge in [0, 0.05) is 26.6 Å². The van der Waals surface area contributed by atoms with Gasteiger partial charge in [0.1, 0.15) is 0 Å². The van der Waals surface area contributed by atoms with E-state index in [1.165, 1.54) is 13.2 Å². The number of nitrogens with one attached hydrogen (secondary N) is 2. The van der Waals surface area contributed by atoms with Crippen LogP contribution in [0.3, 0.4) is 0 Å². The Kier molecular flexibility index (Phi) is 7.03. The van der Waals surface area contributed by atoms with E-state index >= 15 is 0 Å². The van der Waals surface area contributed by atoms with E-state index in [4.69, 9.17) is 10.5 Å². The van der Waals surface area contributed by atoms with E-state index in [1.807, 2.05) is 0 Å². The van der Waals surface area contributed by atoms with Gasteiger partial charge in [-0.1, -0.05) is 0 Å². The van der Waals surface area contributed by atoms with Gasteiger partial charge < -0.3 is 25.8 Å². The number of benzene rings is 1. The first kappa shape index (κ1) is 16.8. The molecule has 7 heteroatoms. The molecule has 0 fully saturated rings. The van der Waals surface area contributed by atoms with Gasteiger partial charge in [0.2, 0.25) is 5.91 Å². The maximum absolute atomic E-state index is 11.5. The van der Waals surface area contributed by atoms with Gasteiger partial charge in [-0.3, -0.25) is 4.79 Å². The van der Waals surface area contributed by atoms with Crippen molar-refractivity contribution in [2.45, 2.75) is 6.42 Å². The van der Waals surface area contributed by atoms with Gasteiger partial charge in [0.05, 0.1) is 30.7 Å². The van der Waals surface area contributed by atoms with Crippen LogP contribution >= 0.6 is 0 Å². The number of nitrogen functional groups attached to an aromatic ring is 1. The highest BCUT2D eigenvalue weighted by atomic mass is 16.5. The Morgan fingerprint density at radius 2 is 2.00 bits per heavy atom. The Morgan fingerprint density at radius 1 is 1.24 bits per heavy atom. The lowest BCUT2D eigenvalue weighted by molar-refractivity contribution is -0.121. The molecule has 1 rings (SSSR count). The van der Waals surface area contributed by atoms with Gasteiger partial charge in [0.15, 0.2) is 0 Å². The SMILES string of the molecule is COCCNC(=O)CCNc1ccc(C(=O)OC)cc1N. The van der Waals surface area contributed by atoms with Gasteiger partial charge in [-0.15, -0.1) is 0 Å². The molecule has 4 N–H and O–H groups in total. The Bertz CT molecular complexity index is 491. The van der Waals surface area contributed by atoms with Gasteiger partial charge >= 0.3 is 5.97 Å². The standard InChI is InChI=1S/C14H21N3O4/c1-20-8-7-17-13(18)5-6-16-12-4-3-10(9-11(12)15)14(19)21-2/h3-4,9,16H,5-8,15H2,1-2H3,(H,17,18). The molecular formula is C14H21N3O4. The molecule has 1 amide bonds. The molecule has 0 aliphatic heterocycles. The molecule has 0 atom stereocenters. The monoisotopic (exact) mass is 295 g/mol.